The van der Waals surface area contributed by atoms with Gasteiger partial charge in [-0.05, 0) is 136 Å². The summed E-state index contributed by atoms with van der Waals surface area (Å²) in [6.07, 6.45) is -1.38. The molecule has 3 aromatic rings. The SMILES string of the molecule is CN[C@@H](CC(C)C)C(=O)O[C@H](Cc1ccc(C2CCOCC2)cc1)C(=O)N(C)[C@@H](CC(C)C)C(=O)O[C@H](C)C(=O)N(C)[C@@H](CC(C)C)C(=O)O[C@H](Cc1ccc(C2CCOCC2)cc1)C(=O)N(C)[C@@H](CC(C)C)C(=O)O[C@H](C)C(=O)OCc1ccccc1. The normalized spacial score (nSPS) is 16.8. The van der Waals surface area contributed by atoms with Crippen molar-refractivity contribution in [3.8, 4) is 0 Å². The van der Waals surface area contributed by atoms with E-state index in [-0.39, 0.29) is 68.3 Å². The summed E-state index contributed by atoms with van der Waals surface area (Å²) in [7, 11) is 5.93. The molecule has 88 heavy (non-hydrogen) atoms. The predicted octanol–water partition coefficient (Wildman–Crippen LogP) is 8.94. The van der Waals surface area contributed by atoms with Crippen molar-refractivity contribution in [2.24, 2.45) is 23.7 Å². The molecule has 5 rings (SSSR count). The van der Waals surface area contributed by atoms with E-state index in [9.17, 15) is 38.4 Å². The van der Waals surface area contributed by atoms with Crippen molar-refractivity contribution < 1.29 is 71.5 Å². The van der Waals surface area contributed by atoms with Crippen LogP contribution in [-0.4, -0.2) is 165 Å². The first kappa shape index (κ1) is 72.0. The summed E-state index contributed by atoms with van der Waals surface area (Å²) in [6.45, 7) is 20.6. The molecule has 0 spiro atoms. The number of amides is 3. The average Bonchev–Trinajstić information content (AvgIpc) is 2.79. The van der Waals surface area contributed by atoms with Crippen LogP contribution in [-0.2, 0) is 91.0 Å². The monoisotopic (exact) mass is 1220 g/mol. The zero-order chi connectivity index (χ0) is 64.8. The Morgan fingerprint density at radius 2 is 0.807 bits per heavy atom. The highest BCUT2D eigenvalue weighted by molar-refractivity contribution is 5.93. The number of nitrogens with zero attached hydrogens (tertiary/aromatic N) is 3. The minimum absolute atomic E-state index is 0.0292. The number of rotatable bonds is 32. The Morgan fingerprint density at radius 3 is 1.19 bits per heavy atom. The summed E-state index contributed by atoms with van der Waals surface area (Å²) in [5.41, 5.74) is 4.42. The predicted molar refractivity (Wildman–Crippen MR) is 333 cm³/mol. The molecule has 19 nitrogen and oxygen atoms in total. The van der Waals surface area contributed by atoms with Gasteiger partial charge in [-0.25, -0.2) is 19.2 Å². The molecule has 2 saturated heterocycles. The van der Waals surface area contributed by atoms with Crippen molar-refractivity contribution in [3.63, 3.8) is 0 Å². The highest BCUT2D eigenvalue weighted by Crippen LogP contribution is 2.30. The number of ether oxygens (including phenoxy) is 7. The van der Waals surface area contributed by atoms with Crippen molar-refractivity contribution in [2.75, 3.05) is 54.6 Å². The zero-order valence-corrected chi connectivity index (χ0v) is 54.7. The second-order valence-corrected chi connectivity index (χ2v) is 25.5. The Balaban J connectivity index is 1.38. The molecule has 3 aromatic carbocycles. The molecule has 2 aliphatic heterocycles. The van der Waals surface area contributed by atoms with Crippen LogP contribution in [0.25, 0.3) is 0 Å². The van der Waals surface area contributed by atoms with Gasteiger partial charge in [0.25, 0.3) is 17.7 Å². The molecule has 2 aliphatic rings. The number of carbonyl (C=O) groups is 8. The van der Waals surface area contributed by atoms with E-state index in [1.807, 2.05) is 122 Å². The summed E-state index contributed by atoms with van der Waals surface area (Å²) in [6, 6.07) is 20.3. The Bertz CT molecular complexity index is 2710. The van der Waals surface area contributed by atoms with Crippen LogP contribution in [0.1, 0.15) is 160 Å². The quantitative estimate of drug-likeness (QED) is 0.0455. The van der Waals surface area contributed by atoms with Gasteiger partial charge in [-0.1, -0.05) is 134 Å². The molecule has 2 heterocycles. The molecule has 0 aromatic heterocycles. The van der Waals surface area contributed by atoms with Gasteiger partial charge in [0.15, 0.2) is 24.4 Å². The first-order chi connectivity index (χ1) is 41.8. The van der Waals surface area contributed by atoms with Crippen LogP contribution in [0.15, 0.2) is 78.9 Å². The Hall–Kier alpha value is -6.70. The number of likely N-dealkylation sites (N-methyl/N-ethyl adjacent to an activating group) is 4. The maximum absolute atomic E-state index is 15.0. The maximum atomic E-state index is 15.0. The van der Waals surface area contributed by atoms with Crippen molar-refractivity contribution in [1.29, 1.82) is 0 Å². The van der Waals surface area contributed by atoms with Gasteiger partial charge >= 0.3 is 29.8 Å². The van der Waals surface area contributed by atoms with Crippen LogP contribution in [0.5, 0.6) is 0 Å². The van der Waals surface area contributed by atoms with E-state index in [0.29, 0.717) is 44.3 Å². The van der Waals surface area contributed by atoms with Crippen LogP contribution in [0.3, 0.4) is 0 Å². The van der Waals surface area contributed by atoms with Crippen LogP contribution in [0.2, 0.25) is 0 Å². The van der Waals surface area contributed by atoms with E-state index in [1.165, 1.54) is 44.8 Å². The highest BCUT2D eigenvalue weighted by atomic mass is 16.6. The van der Waals surface area contributed by atoms with Crippen molar-refractivity contribution in [1.82, 2.24) is 20.0 Å². The molecule has 2 fully saturated rings. The van der Waals surface area contributed by atoms with Crippen molar-refractivity contribution in [3.05, 3.63) is 107 Å². The molecule has 19 heteroatoms. The van der Waals surface area contributed by atoms with E-state index in [2.05, 4.69) is 5.32 Å². The molecule has 8 atom stereocenters. The van der Waals surface area contributed by atoms with Crippen LogP contribution < -0.4 is 5.32 Å². The topological polar surface area (TPSA) is 223 Å². The van der Waals surface area contributed by atoms with E-state index in [4.69, 9.17) is 33.2 Å². The molecule has 0 unspecified atom stereocenters. The molecule has 0 saturated carbocycles. The minimum atomic E-state index is -1.51. The average molecular weight is 1230 g/mol. The Kier molecular flexibility index (Phi) is 29.0. The Morgan fingerprint density at radius 1 is 0.443 bits per heavy atom. The summed E-state index contributed by atoms with van der Waals surface area (Å²) in [4.78, 5) is 118. The number of benzene rings is 3. The Labute approximate surface area is 522 Å². The number of hydrogen-bond acceptors (Lipinski definition) is 16. The minimum Gasteiger partial charge on any atom is -0.458 e. The zero-order valence-electron chi connectivity index (χ0n) is 54.7. The lowest BCUT2D eigenvalue weighted by Crippen LogP contribution is -2.53. The number of esters is 5. The molecule has 0 bridgehead atoms. The van der Waals surface area contributed by atoms with Crippen LogP contribution in [0.4, 0.5) is 0 Å². The van der Waals surface area contributed by atoms with E-state index in [0.717, 1.165) is 52.8 Å². The van der Waals surface area contributed by atoms with Gasteiger partial charge in [-0.2, -0.15) is 0 Å². The molecule has 486 valence electrons. The first-order valence-corrected chi connectivity index (χ1v) is 31.6. The fraction of sp³-hybridized carbons (Fsp3) is 0.623. The molecular formula is C69H100N4O15. The summed E-state index contributed by atoms with van der Waals surface area (Å²) in [5, 5.41) is 3.02. The van der Waals surface area contributed by atoms with Gasteiger partial charge in [-0.15, -0.1) is 0 Å². The second-order valence-electron chi connectivity index (χ2n) is 25.5. The lowest BCUT2D eigenvalue weighted by molar-refractivity contribution is -0.175. The van der Waals surface area contributed by atoms with Gasteiger partial charge in [0.1, 0.15) is 30.8 Å². The third-order valence-electron chi connectivity index (χ3n) is 16.4. The number of carbonyl (C=O) groups excluding carboxylic acids is 8. The smallest absolute Gasteiger partial charge is 0.347 e. The fourth-order valence-electron chi connectivity index (χ4n) is 11.2. The highest BCUT2D eigenvalue weighted by Gasteiger charge is 2.42. The van der Waals surface area contributed by atoms with E-state index >= 15 is 0 Å². The largest absolute Gasteiger partial charge is 0.458 e. The van der Waals surface area contributed by atoms with Crippen molar-refractivity contribution >= 4 is 47.6 Å². The summed E-state index contributed by atoms with van der Waals surface area (Å²) >= 11 is 0. The standard InChI is InChI=1S/C69H100N4O15/c1-43(2)36-56(70-11)66(78)87-60(40-49-20-24-52(25-21-49)54-28-32-82-33-29-54)63(75)72(13)57(37-44(3)4)67(79)85-47(9)62(74)71(12)59(39-46(7)8)69(81)88-61(41-50-22-26-53(27-23-50)55-30-34-83-35-31-55)64(76)73(14)58(38-45(5)6)68(80)86-48(10)65(77)84-42-51-18-16-15-17-19-51/h15-27,43-48,54-61,70H,28-42H2,1-14H3/t47-,48-,56+,57+,58+,59+,60-,61-/m1/s1. The van der Waals surface area contributed by atoms with Crippen LogP contribution >= 0.6 is 0 Å². The number of nitrogens with one attached hydrogen (secondary N) is 1. The lowest BCUT2D eigenvalue weighted by Gasteiger charge is -2.34. The summed E-state index contributed by atoms with van der Waals surface area (Å²) in [5.74, 6) is -5.85. The molecule has 0 radical (unpaired) electrons. The van der Waals surface area contributed by atoms with Crippen molar-refractivity contribution in [2.45, 2.75) is 200 Å². The molecule has 0 aliphatic carbocycles. The first-order valence-electron chi connectivity index (χ1n) is 31.6. The van der Waals surface area contributed by atoms with E-state index in [1.54, 1.807) is 19.2 Å². The molecule has 3 amide bonds. The van der Waals surface area contributed by atoms with Gasteiger partial charge in [0.05, 0.1) is 0 Å². The molecular weight excluding hydrogens is 1120 g/mol. The summed E-state index contributed by atoms with van der Waals surface area (Å²) < 4.78 is 40.5. The third kappa shape index (κ3) is 22.1. The fourth-order valence-corrected chi connectivity index (χ4v) is 11.2. The third-order valence-corrected chi connectivity index (χ3v) is 16.4. The van der Waals surface area contributed by atoms with E-state index < -0.39 is 96.2 Å². The van der Waals surface area contributed by atoms with Gasteiger partial charge < -0.3 is 53.2 Å². The van der Waals surface area contributed by atoms with Gasteiger partial charge in [-0.3, -0.25) is 19.2 Å². The van der Waals surface area contributed by atoms with Gasteiger partial charge in [0.2, 0.25) is 0 Å². The maximum Gasteiger partial charge on any atom is 0.347 e. The molecule has 1 N–H and O–H groups in total. The number of hydrogen-bond donors (Lipinski definition) is 1. The van der Waals surface area contributed by atoms with Gasteiger partial charge in [0, 0.05) is 60.4 Å². The second kappa shape index (κ2) is 35.5. The van der Waals surface area contributed by atoms with Crippen LogP contribution in [0, 0.1) is 23.7 Å². The lowest BCUT2D eigenvalue weighted by atomic mass is 9.90.